The number of anilines is 1. The van der Waals surface area contributed by atoms with E-state index in [1.807, 2.05) is 9.80 Å². The first kappa shape index (κ1) is 18.6. The summed E-state index contributed by atoms with van der Waals surface area (Å²) in [6, 6.07) is 1.79. The number of rotatable bonds is 3. The normalized spacial score (nSPS) is 19.2. The average Bonchev–Trinajstić information content (AvgIpc) is 2.97. The van der Waals surface area contributed by atoms with Crippen LogP contribution in [0.1, 0.15) is 39.5 Å². The third-order valence-electron chi connectivity index (χ3n) is 5.36. The Labute approximate surface area is 155 Å². The van der Waals surface area contributed by atoms with E-state index in [1.165, 1.54) is 12.8 Å². The SMILES string of the molecule is CC(C)(C(=O)N1CCCCCC1)C(=O)N1CCN(c2ncccn2)CC1. The number of piperazine rings is 1. The van der Waals surface area contributed by atoms with Crippen molar-refractivity contribution in [3.8, 4) is 0 Å². The minimum atomic E-state index is -1.00. The topological polar surface area (TPSA) is 69.6 Å². The lowest BCUT2D eigenvalue weighted by Crippen LogP contribution is -2.56. The summed E-state index contributed by atoms with van der Waals surface area (Å²) in [6.45, 7) is 7.64. The van der Waals surface area contributed by atoms with Crippen LogP contribution in [0.2, 0.25) is 0 Å². The Bertz CT molecular complexity index is 618. The molecule has 7 heteroatoms. The predicted octanol–water partition coefficient (Wildman–Crippen LogP) is 1.55. The first-order valence-corrected chi connectivity index (χ1v) is 9.61. The second kappa shape index (κ2) is 8.01. The molecule has 0 aliphatic carbocycles. The third-order valence-corrected chi connectivity index (χ3v) is 5.36. The molecule has 2 amide bonds. The van der Waals surface area contributed by atoms with Gasteiger partial charge in [-0.3, -0.25) is 9.59 Å². The van der Waals surface area contributed by atoms with Crippen LogP contribution in [0.15, 0.2) is 18.5 Å². The summed E-state index contributed by atoms with van der Waals surface area (Å²) >= 11 is 0. The smallest absolute Gasteiger partial charge is 0.237 e. The van der Waals surface area contributed by atoms with Gasteiger partial charge in [0.15, 0.2) is 0 Å². The van der Waals surface area contributed by atoms with E-state index < -0.39 is 5.41 Å². The molecule has 0 aromatic carbocycles. The van der Waals surface area contributed by atoms with Gasteiger partial charge in [0, 0.05) is 51.7 Å². The minimum absolute atomic E-state index is 0.0294. The third kappa shape index (κ3) is 3.97. The van der Waals surface area contributed by atoms with Crippen molar-refractivity contribution in [2.24, 2.45) is 5.41 Å². The summed E-state index contributed by atoms with van der Waals surface area (Å²) in [7, 11) is 0. The van der Waals surface area contributed by atoms with Gasteiger partial charge in [-0.25, -0.2) is 9.97 Å². The Balaban J connectivity index is 1.60. The lowest BCUT2D eigenvalue weighted by atomic mass is 9.89. The molecule has 0 unspecified atom stereocenters. The van der Waals surface area contributed by atoms with Gasteiger partial charge in [0.25, 0.3) is 0 Å². The summed E-state index contributed by atoms with van der Waals surface area (Å²) in [5.74, 6) is 0.595. The van der Waals surface area contributed by atoms with E-state index in [1.54, 1.807) is 32.3 Å². The standard InChI is InChI=1S/C19H29N5O2/c1-19(2,16(25)22-10-5-3-4-6-11-22)17(26)23-12-14-24(15-13-23)18-20-8-7-9-21-18/h7-9H,3-6,10-15H2,1-2H3. The predicted molar refractivity (Wildman–Crippen MR) is 99.7 cm³/mol. The number of aromatic nitrogens is 2. The molecule has 2 aliphatic heterocycles. The molecule has 3 rings (SSSR count). The number of carbonyl (C=O) groups excluding carboxylic acids is 2. The van der Waals surface area contributed by atoms with E-state index >= 15 is 0 Å². The van der Waals surface area contributed by atoms with Crippen LogP contribution >= 0.6 is 0 Å². The molecule has 0 atom stereocenters. The number of nitrogens with zero attached hydrogens (tertiary/aromatic N) is 5. The molecule has 1 aromatic rings. The number of hydrogen-bond acceptors (Lipinski definition) is 5. The quantitative estimate of drug-likeness (QED) is 0.766. The maximum absolute atomic E-state index is 13.1. The molecule has 0 N–H and O–H groups in total. The molecular formula is C19H29N5O2. The molecule has 2 aliphatic rings. The number of hydrogen-bond donors (Lipinski definition) is 0. The van der Waals surface area contributed by atoms with Crippen LogP contribution in [-0.2, 0) is 9.59 Å². The van der Waals surface area contributed by atoms with Crippen molar-refractivity contribution in [3.05, 3.63) is 18.5 Å². The number of carbonyl (C=O) groups is 2. The van der Waals surface area contributed by atoms with E-state index in [4.69, 9.17) is 0 Å². The van der Waals surface area contributed by atoms with Crippen LogP contribution in [0.3, 0.4) is 0 Å². The molecule has 3 heterocycles. The zero-order valence-corrected chi connectivity index (χ0v) is 15.9. The van der Waals surface area contributed by atoms with Gasteiger partial charge >= 0.3 is 0 Å². The number of amides is 2. The summed E-state index contributed by atoms with van der Waals surface area (Å²) in [6.07, 6.45) is 7.85. The fourth-order valence-electron chi connectivity index (χ4n) is 3.72. The van der Waals surface area contributed by atoms with Crippen LogP contribution in [-0.4, -0.2) is 70.9 Å². The largest absolute Gasteiger partial charge is 0.342 e. The van der Waals surface area contributed by atoms with Gasteiger partial charge in [-0.1, -0.05) is 12.8 Å². The Hall–Kier alpha value is -2.18. The maximum Gasteiger partial charge on any atom is 0.237 e. The van der Waals surface area contributed by atoms with Crippen LogP contribution in [0, 0.1) is 5.41 Å². The van der Waals surface area contributed by atoms with Gasteiger partial charge in [-0.15, -0.1) is 0 Å². The Morgan fingerprint density at radius 1 is 0.808 bits per heavy atom. The molecule has 2 fully saturated rings. The van der Waals surface area contributed by atoms with Crippen molar-refractivity contribution < 1.29 is 9.59 Å². The van der Waals surface area contributed by atoms with E-state index in [2.05, 4.69) is 14.9 Å². The first-order valence-electron chi connectivity index (χ1n) is 9.61. The van der Waals surface area contributed by atoms with Gasteiger partial charge in [0.2, 0.25) is 17.8 Å². The molecule has 2 saturated heterocycles. The maximum atomic E-state index is 13.1. The fourth-order valence-corrected chi connectivity index (χ4v) is 3.72. The second-order valence-electron chi connectivity index (χ2n) is 7.66. The van der Waals surface area contributed by atoms with Gasteiger partial charge < -0.3 is 14.7 Å². The summed E-state index contributed by atoms with van der Waals surface area (Å²) in [5, 5.41) is 0. The average molecular weight is 359 g/mol. The molecule has 26 heavy (non-hydrogen) atoms. The zero-order valence-electron chi connectivity index (χ0n) is 15.9. The van der Waals surface area contributed by atoms with E-state index in [0.717, 1.165) is 25.9 Å². The molecule has 142 valence electrons. The van der Waals surface area contributed by atoms with Crippen LogP contribution in [0.4, 0.5) is 5.95 Å². The van der Waals surface area contributed by atoms with E-state index in [-0.39, 0.29) is 11.8 Å². The first-order chi connectivity index (χ1) is 12.5. The van der Waals surface area contributed by atoms with Crippen molar-refractivity contribution in [2.45, 2.75) is 39.5 Å². The lowest BCUT2D eigenvalue weighted by Gasteiger charge is -2.39. The fraction of sp³-hybridized carbons (Fsp3) is 0.684. The van der Waals surface area contributed by atoms with Crippen molar-refractivity contribution in [1.29, 1.82) is 0 Å². The zero-order chi connectivity index (χ0) is 18.6. The highest BCUT2D eigenvalue weighted by molar-refractivity contribution is 6.04. The molecule has 0 bridgehead atoms. The Kier molecular flexibility index (Phi) is 5.74. The van der Waals surface area contributed by atoms with Gasteiger partial charge in [-0.05, 0) is 32.8 Å². The Morgan fingerprint density at radius 2 is 1.31 bits per heavy atom. The van der Waals surface area contributed by atoms with Gasteiger partial charge in [-0.2, -0.15) is 0 Å². The van der Waals surface area contributed by atoms with Crippen LogP contribution in [0.25, 0.3) is 0 Å². The van der Waals surface area contributed by atoms with Crippen LogP contribution < -0.4 is 4.90 Å². The number of likely N-dealkylation sites (tertiary alicyclic amines) is 1. The Morgan fingerprint density at radius 3 is 1.85 bits per heavy atom. The molecule has 1 aromatic heterocycles. The molecule has 0 spiro atoms. The highest BCUT2D eigenvalue weighted by atomic mass is 16.2. The minimum Gasteiger partial charge on any atom is -0.342 e. The molecular weight excluding hydrogens is 330 g/mol. The molecule has 0 saturated carbocycles. The van der Waals surface area contributed by atoms with Crippen molar-refractivity contribution >= 4 is 17.8 Å². The molecule has 7 nitrogen and oxygen atoms in total. The van der Waals surface area contributed by atoms with Crippen molar-refractivity contribution in [2.75, 3.05) is 44.2 Å². The summed E-state index contributed by atoms with van der Waals surface area (Å²) in [4.78, 5) is 40.4. The van der Waals surface area contributed by atoms with Crippen LogP contribution in [0.5, 0.6) is 0 Å². The highest BCUT2D eigenvalue weighted by Crippen LogP contribution is 2.25. The lowest BCUT2D eigenvalue weighted by molar-refractivity contribution is -0.154. The van der Waals surface area contributed by atoms with Crippen molar-refractivity contribution in [1.82, 2.24) is 19.8 Å². The molecule has 0 radical (unpaired) electrons. The van der Waals surface area contributed by atoms with Gasteiger partial charge in [0.1, 0.15) is 5.41 Å². The highest BCUT2D eigenvalue weighted by Gasteiger charge is 2.42. The van der Waals surface area contributed by atoms with Gasteiger partial charge in [0.05, 0.1) is 0 Å². The van der Waals surface area contributed by atoms with Crippen molar-refractivity contribution in [3.63, 3.8) is 0 Å². The van der Waals surface area contributed by atoms with E-state index in [9.17, 15) is 9.59 Å². The summed E-state index contributed by atoms with van der Waals surface area (Å²) in [5.41, 5.74) is -1.00. The second-order valence-corrected chi connectivity index (χ2v) is 7.66. The summed E-state index contributed by atoms with van der Waals surface area (Å²) < 4.78 is 0. The monoisotopic (exact) mass is 359 g/mol. The van der Waals surface area contributed by atoms with E-state index in [0.29, 0.717) is 32.1 Å².